The van der Waals surface area contributed by atoms with Crippen LogP contribution in [0, 0.1) is 11.8 Å². The molecule has 1 heterocycles. The summed E-state index contributed by atoms with van der Waals surface area (Å²) in [6.07, 6.45) is 5.25. The minimum atomic E-state index is -0.0224. The molecule has 1 aliphatic heterocycles. The van der Waals surface area contributed by atoms with Crippen molar-refractivity contribution in [3.63, 3.8) is 0 Å². The summed E-state index contributed by atoms with van der Waals surface area (Å²) >= 11 is 0. The highest BCUT2D eigenvalue weighted by atomic mass is 16.5. The molecule has 1 saturated carbocycles. The van der Waals surface area contributed by atoms with Crippen molar-refractivity contribution in [2.24, 2.45) is 11.8 Å². The highest BCUT2D eigenvalue weighted by Gasteiger charge is 2.36. The van der Waals surface area contributed by atoms with E-state index >= 15 is 0 Å². The predicted octanol–water partition coefficient (Wildman–Crippen LogP) is 2.53. The third-order valence-corrected chi connectivity index (χ3v) is 3.55. The lowest BCUT2D eigenvalue weighted by molar-refractivity contribution is -0.165. The van der Waals surface area contributed by atoms with Crippen LogP contribution in [0.3, 0.4) is 0 Å². The van der Waals surface area contributed by atoms with Gasteiger partial charge in [0, 0.05) is 19.4 Å². The largest absolute Gasteiger partial charge is 0.462 e. The van der Waals surface area contributed by atoms with Crippen molar-refractivity contribution < 1.29 is 14.3 Å². The predicted molar refractivity (Wildman–Crippen MR) is 61.0 cm³/mol. The molecule has 0 spiro atoms. The van der Waals surface area contributed by atoms with Crippen molar-refractivity contribution in [2.75, 3.05) is 6.61 Å². The molecule has 3 unspecified atom stereocenters. The summed E-state index contributed by atoms with van der Waals surface area (Å²) in [5.41, 5.74) is 0. The van der Waals surface area contributed by atoms with Crippen molar-refractivity contribution in [2.45, 2.75) is 58.2 Å². The quantitative estimate of drug-likeness (QED) is 0.694. The normalized spacial score (nSPS) is 34.7. The van der Waals surface area contributed by atoms with Crippen LogP contribution < -0.4 is 0 Å². The van der Waals surface area contributed by atoms with E-state index in [1.165, 1.54) is 0 Å². The van der Waals surface area contributed by atoms with Gasteiger partial charge in [0.1, 0.15) is 6.10 Å². The fourth-order valence-corrected chi connectivity index (χ4v) is 2.64. The Hall–Kier alpha value is -0.570. The van der Waals surface area contributed by atoms with Crippen LogP contribution in [0.15, 0.2) is 0 Å². The van der Waals surface area contributed by atoms with Gasteiger partial charge in [0.15, 0.2) is 0 Å². The van der Waals surface area contributed by atoms with Gasteiger partial charge >= 0.3 is 5.97 Å². The van der Waals surface area contributed by atoms with Gasteiger partial charge in [-0.1, -0.05) is 13.8 Å². The molecule has 3 heteroatoms. The summed E-state index contributed by atoms with van der Waals surface area (Å²) in [7, 11) is 0. The van der Waals surface area contributed by atoms with Gasteiger partial charge < -0.3 is 9.47 Å². The van der Waals surface area contributed by atoms with E-state index in [9.17, 15) is 4.79 Å². The third kappa shape index (κ3) is 2.97. The van der Waals surface area contributed by atoms with Crippen LogP contribution in [0.1, 0.15) is 46.0 Å². The molecule has 2 rings (SSSR count). The zero-order chi connectivity index (χ0) is 11.5. The molecule has 0 aromatic rings. The van der Waals surface area contributed by atoms with Gasteiger partial charge in [-0.05, 0) is 31.1 Å². The van der Waals surface area contributed by atoms with Gasteiger partial charge in [-0.15, -0.1) is 0 Å². The first-order valence-corrected chi connectivity index (χ1v) is 6.46. The second-order valence-electron chi connectivity index (χ2n) is 5.49. The second kappa shape index (κ2) is 5.17. The number of carbonyl (C=O) groups excluding carboxylic acids is 1. The Balaban J connectivity index is 1.81. The van der Waals surface area contributed by atoms with Gasteiger partial charge in [-0.25, -0.2) is 0 Å². The van der Waals surface area contributed by atoms with E-state index in [0.29, 0.717) is 24.4 Å². The average molecular weight is 226 g/mol. The number of hydrogen-bond acceptors (Lipinski definition) is 3. The highest BCUT2D eigenvalue weighted by Crippen LogP contribution is 2.35. The van der Waals surface area contributed by atoms with E-state index in [2.05, 4.69) is 13.8 Å². The molecule has 0 aromatic carbocycles. The number of hydrogen-bond donors (Lipinski definition) is 0. The van der Waals surface area contributed by atoms with Crippen molar-refractivity contribution in [3.8, 4) is 0 Å². The Labute approximate surface area is 97.5 Å². The SMILES string of the molecule is CC(C)COC1CCC2CCC(=O)OC2C1. The van der Waals surface area contributed by atoms with Crippen LogP contribution in [0.2, 0.25) is 0 Å². The van der Waals surface area contributed by atoms with Crippen molar-refractivity contribution in [3.05, 3.63) is 0 Å². The van der Waals surface area contributed by atoms with Gasteiger partial charge in [0.2, 0.25) is 0 Å². The first-order chi connectivity index (χ1) is 7.65. The highest BCUT2D eigenvalue weighted by molar-refractivity contribution is 5.70. The molecule has 3 atom stereocenters. The summed E-state index contributed by atoms with van der Waals surface area (Å²) in [6.45, 7) is 5.13. The lowest BCUT2D eigenvalue weighted by atomic mass is 9.80. The third-order valence-electron chi connectivity index (χ3n) is 3.55. The van der Waals surface area contributed by atoms with E-state index in [-0.39, 0.29) is 12.1 Å². The van der Waals surface area contributed by atoms with Crippen molar-refractivity contribution in [1.82, 2.24) is 0 Å². The van der Waals surface area contributed by atoms with Crippen LogP contribution in [0.4, 0.5) is 0 Å². The average Bonchev–Trinajstić information content (AvgIpc) is 2.25. The Morgan fingerprint density at radius 1 is 1.38 bits per heavy atom. The minimum Gasteiger partial charge on any atom is -0.462 e. The van der Waals surface area contributed by atoms with Crippen LogP contribution in [-0.2, 0) is 14.3 Å². The summed E-state index contributed by atoms with van der Waals surface area (Å²) in [6, 6.07) is 0. The summed E-state index contributed by atoms with van der Waals surface area (Å²) < 4.78 is 11.2. The first kappa shape index (κ1) is 11.9. The maximum atomic E-state index is 11.2. The van der Waals surface area contributed by atoms with Crippen molar-refractivity contribution in [1.29, 1.82) is 0 Å². The lowest BCUT2D eigenvalue weighted by Gasteiger charge is -2.38. The van der Waals surface area contributed by atoms with Crippen LogP contribution in [0.25, 0.3) is 0 Å². The zero-order valence-corrected chi connectivity index (χ0v) is 10.3. The first-order valence-electron chi connectivity index (χ1n) is 6.46. The molecule has 2 aliphatic rings. The number of fused-ring (bicyclic) bond motifs is 1. The Morgan fingerprint density at radius 3 is 2.94 bits per heavy atom. The Kier molecular flexibility index (Phi) is 3.85. The smallest absolute Gasteiger partial charge is 0.306 e. The number of esters is 1. The summed E-state index contributed by atoms with van der Waals surface area (Å²) in [5, 5.41) is 0. The Morgan fingerprint density at radius 2 is 2.19 bits per heavy atom. The molecule has 0 amide bonds. The monoisotopic (exact) mass is 226 g/mol. The standard InChI is InChI=1S/C13H22O3/c1-9(2)8-15-11-5-3-10-4-6-13(14)16-12(10)7-11/h9-12H,3-8H2,1-2H3. The molecule has 1 saturated heterocycles. The molecule has 0 radical (unpaired) electrons. The topological polar surface area (TPSA) is 35.5 Å². The maximum absolute atomic E-state index is 11.2. The molecular weight excluding hydrogens is 204 g/mol. The van der Waals surface area contributed by atoms with Gasteiger partial charge in [-0.2, -0.15) is 0 Å². The lowest BCUT2D eigenvalue weighted by Crippen LogP contribution is -2.40. The zero-order valence-electron chi connectivity index (χ0n) is 10.3. The molecule has 16 heavy (non-hydrogen) atoms. The fourth-order valence-electron chi connectivity index (χ4n) is 2.64. The van der Waals surface area contributed by atoms with Gasteiger partial charge in [0.05, 0.1) is 6.10 Å². The van der Waals surface area contributed by atoms with E-state index in [1.807, 2.05) is 0 Å². The summed E-state index contributed by atoms with van der Waals surface area (Å²) in [5.74, 6) is 1.15. The maximum Gasteiger partial charge on any atom is 0.306 e. The van der Waals surface area contributed by atoms with Crippen LogP contribution >= 0.6 is 0 Å². The van der Waals surface area contributed by atoms with E-state index < -0.39 is 0 Å². The second-order valence-corrected chi connectivity index (χ2v) is 5.49. The molecule has 0 bridgehead atoms. The molecule has 3 nitrogen and oxygen atoms in total. The van der Waals surface area contributed by atoms with E-state index in [0.717, 1.165) is 32.3 Å². The molecular formula is C13H22O3. The van der Waals surface area contributed by atoms with E-state index in [4.69, 9.17) is 9.47 Å². The molecule has 0 aromatic heterocycles. The Bertz CT molecular complexity index is 250. The molecule has 0 N–H and O–H groups in total. The minimum absolute atomic E-state index is 0.0224. The van der Waals surface area contributed by atoms with E-state index in [1.54, 1.807) is 0 Å². The fraction of sp³-hybridized carbons (Fsp3) is 0.923. The molecule has 1 aliphatic carbocycles. The number of carbonyl (C=O) groups is 1. The number of ether oxygens (including phenoxy) is 2. The summed E-state index contributed by atoms with van der Waals surface area (Å²) in [4.78, 5) is 11.2. The van der Waals surface area contributed by atoms with Crippen LogP contribution in [0.5, 0.6) is 0 Å². The number of rotatable bonds is 3. The van der Waals surface area contributed by atoms with Gasteiger partial charge in [0.25, 0.3) is 0 Å². The van der Waals surface area contributed by atoms with Crippen molar-refractivity contribution >= 4 is 5.97 Å². The molecule has 2 fully saturated rings. The van der Waals surface area contributed by atoms with Crippen LogP contribution in [-0.4, -0.2) is 24.8 Å². The van der Waals surface area contributed by atoms with Gasteiger partial charge in [-0.3, -0.25) is 4.79 Å². The molecule has 92 valence electrons.